The van der Waals surface area contributed by atoms with Crippen LogP contribution in [0.4, 0.5) is 0 Å². The minimum absolute atomic E-state index is 0.628. The van der Waals surface area contributed by atoms with Crippen molar-refractivity contribution in [3.05, 3.63) is 0 Å². The van der Waals surface area contributed by atoms with E-state index in [1.165, 1.54) is 0 Å². The Morgan fingerprint density at radius 3 is 2.70 bits per heavy atom. The molecule has 0 aromatic heterocycles. The molecule has 0 bridgehead atoms. The number of hydrogen-bond acceptors (Lipinski definition) is 3. The molecule has 0 amide bonds. The van der Waals surface area contributed by atoms with Gasteiger partial charge in [-0.15, -0.1) is 0 Å². The van der Waals surface area contributed by atoms with E-state index in [0.29, 0.717) is 6.04 Å². The molecule has 3 heteroatoms. The molecule has 2 N–H and O–H groups in total. The molecule has 1 aliphatic heterocycles. The van der Waals surface area contributed by atoms with E-state index in [4.69, 9.17) is 5.84 Å². The van der Waals surface area contributed by atoms with Gasteiger partial charge in [-0.1, -0.05) is 6.92 Å². The number of hydrogen-bond donors (Lipinski definition) is 1. The summed E-state index contributed by atoms with van der Waals surface area (Å²) in [5, 5.41) is 1.90. The van der Waals surface area contributed by atoms with Crippen LogP contribution < -0.4 is 5.84 Å². The van der Waals surface area contributed by atoms with E-state index >= 15 is 0 Å². The number of likely N-dealkylation sites (N-methyl/N-ethyl adjacent to an activating group) is 1. The lowest BCUT2D eigenvalue weighted by Crippen LogP contribution is -2.53. The smallest absolute Gasteiger partial charge is 0.0282 e. The van der Waals surface area contributed by atoms with Gasteiger partial charge in [0.25, 0.3) is 0 Å². The summed E-state index contributed by atoms with van der Waals surface area (Å²) < 4.78 is 0. The van der Waals surface area contributed by atoms with Crippen molar-refractivity contribution < 1.29 is 0 Å². The second-order valence-electron chi connectivity index (χ2n) is 2.97. The number of piperazine rings is 1. The van der Waals surface area contributed by atoms with E-state index in [1.807, 2.05) is 5.01 Å². The molecule has 1 aliphatic rings. The van der Waals surface area contributed by atoms with E-state index in [2.05, 4.69) is 18.7 Å². The van der Waals surface area contributed by atoms with Crippen molar-refractivity contribution >= 4 is 0 Å². The molecule has 0 aromatic rings. The van der Waals surface area contributed by atoms with Gasteiger partial charge in [-0.3, -0.25) is 10.7 Å². The van der Waals surface area contributed by atoms with Crippen LogP contribution >= 0.6 is 0 Å². The SMILES string of the molecule is CCN1CCN(N)CC1C. The van der Waals surface area contributed by atoms with Gasteiger partial charge in [0.2, 0.25) is 0 Å². The first-order valence-corrected chi connectivity index (χ1v) is 3.97. The summed E-state index contributed by atoms with van der Waals surface area (Å²) in [6.07, 6.45) is 0. The molecule has 0 aliphatic carbocycles. The zero-order valence-corrected chi connectivity index (χ0v) is 6.88. The Bertz CT molecular complexity index is 105. The third kappa shape index (κ3) is 1.68. The molecule has 0 radical (unpaired) electrons. The lowest BCUT2D eigenvalue weighted by atomic mass is 10.2. The Morgan fingerprint density at radius 1 is 1.50 bits per heavy atom. The van der Waals surface area contributed by atoms with Crippen LogP contribution in [0.2, 0.25) is 0 Å². The first kappa shape index (κ1) is 7.98. The molecule has 0 spiro atoms. The van der Waals surface area contributed by atoms with Crippen LogP contribution in [0.25, 0.3) is 0 Å². The highest BCUT2D eigenvalue weighted by Gasteiger charge is 2.19. The maximum Gasteiger partial charge on any atom is 0.0282 e. The van der Waals surface area contributed by atoms with Gasteiger partial charge >= 0.3 is 0 Å². The molecule has 0 saturated carbocycles. The molecule has 3 nitrogen and oxygen atoms in total. The topological polar surface area (TPSA) is 32.5 Å². The highest BCUT2D eigenvalue weighted by Crippen LogP contribution is 2.04. The standard InChI is InChI=1S/C7H17N3/c1-3-9-4-5-10(8)6-7(9)2/h7H,3-6,8H2,1-2H3. The minimum atomic E-state index is 0.628. The summed E-state index contributed by atoms with van der Waals surface area (Å²) >= 11 is 0. The Morgan fingerprint density at radius 2 is 2.20 bits per heavy atom. The van der Waals surface area contributed by atoms with Crippen molar-refractivity contribution in [3.63, 3.8) is 0 Å². The maximum absolute atomic E-state index is 5.65. The number of rotatable bonds is 1. The van der Waals surface area contributed by atoms with Crippen molar-refractivity contribution in [3.8, 4) is 0 Å². The van der Waals surface area contributed by atoms with Crippen LogP contribution in [0.1, 0.15) is 13.8 Å². The quantitative estimate of drug-likeness (QED) is 0.520. The fourth-order valence-electron chi connectivity index (χ4n) is 1.49. The van der Waals surface area contributed by atoms with Crippen LogP contribution in [-0.4, -0.2) is 42.1 Å². The molecule has 60 valence electrons. The molecule has 1 saturated heterocycles. The highest BCUT2D eigenvalue weighted by atomic mass is 15.4. The highest BCUT2D eigenvalue weighted by molar-refractivity contribution is 4.74. The van der Waals surface area contributed by atoms with E-state index in [0.717, 1.165) is 26.2 Å². The van der Waals surface area contributed by atoms with Crippen molar-refractivity contribution in [2.45, 2.75) is 19.9 Å². The lowest BCUT2D eigenvalue weighted by Gasteiger charge is -2.36. The summed E-state index contributed by atoms with van der Waals surface area (Å²) in [7, 11) is 0. The Kier molecular flexibility index (Phi) is 2.65. The van der Waals surface area contributed by atoms with Gasteiger partial charge < -0.3 is 0 Å². The monoisotopic (exact) mass is 143 g/mol. The molecule has 1 fully saturated rings. The molecule has 1 unspecified atom stereocenters. The van der Waals surface area contributed by atoms with Gasteiger partial charge in [-0.05, 0) is 13.5 Å². The first-order chi connectivity index (χ1) is 4.74. The fraction of sp³-hybridized carbons (Fsp3) is 1.00. The number of hydrazine groups is 1. The molecule has 0 aromatic carbocycles. The van der Waals surface area contributed by atoms with Gasteiger partial charge in [-0.2, -0.15) is 0 Å². The zero-order chi connectivity index (χ0) is 7.56. The Hall–Kier alpha value is -0.120. The maximum atomic E-state index is 5.65. The zero-order valence-electron chi connectivity index (χ0n) is 6.88. The van der Waals surface area contributed by atoms with Crippen LogP contribution in [0.15, 0.2) is 0 Å². The summed E-state index contributed by atoms with van der Waals surface area (Å²) in [5.74, 6) is 5.65. The van der Waals surface area contributed by atoms with Crippen molar-refractivity contribution in [1.82, 2.24) is 9.91 Å². The number of nitrogens with two attached hydrogens (primary N) is 1. The molecule has 1 rings (SSSR count). The third-order valence-corrected chi connectivity index (χ3v) is 2.20. The second-order valence-corrected chi connectivity index (χ2v) is 2.97. The molecule has 1 heterocycles. The first-order valence-electron chi connectivity index (χ1n) is 3.97. The van der Waals surface area contributed by atoms with Crippen LogP contribution in [-0.2, 0) is 0 Å². The van der Waals surface area contributed by atoms with E-state index < -0.39 is 0 Å². The van der Waals surface area contributed by atoms with Crippen molar-refractivity contribution in [1.29, 1.82) is 0 Å². The summed E-state index contributed by atoms with van der Waals surface area (Å²) in [6, 6.07) is 0.628. The van der Waals surface area contributed by atoms with Crippen molar-refractivity contribution in [2.24, 2.45) is 5.84 Å². The van der Waals surface area contributed by atoms with Crippen LogP contribution in [0.3, 0.4) is 0 Å². The van der Waals surface area contributed by atoms with E-state index in [1.54, 1.807) is 0 Å². The summed E-state index contributed by atoms with van der Waals surface area (Å²) in [6.45, 7) is 8.71. The predicted octanol–water partition coefficient (Wildman–Crippen LogP) is -0.114. The average molecular weight is 143 g/mol. The van der Waals surface area contributed by atoms with Gasteiger partial charge in [0, 0.05) is 25.7 Å². The third-order valence-electron chi connectivity index (χ3n) is 2.20. The van der Waals surface area contributed by atoms with Crippen molar-refractivity contribution in [2.75, 3.05) is 26.2 Å². The van der Waals surface area contributed by atoms with Crippen LogP contribution in [0, 0.1) is 0 Å². The molecular formula is C7H17N3. The van der Waals surface area contributed by atoms with Gasteiger partial charge in [0.15, 0.2) is 0 Å². The minimum Gasteiger partial charge on any atom is -0.298 e. The van der Waals surface area contributed by atoms with E-state index in [-0.39, 0.29) is 0 Å². The van der Waals surface area contributed by atoms with Gasteiger partial charge in [0.1, 0.15) is 0 Å². The summed E-state index contributed by atoms with van der Waals surface area (Å²) in [4.78, 5) is 2.45. The number of nitrogens with zero attached hydrogens (tertiary/aromatic N) is 2. The Balaban J connectivity index is 2.36. The van der Waals surface area contributed by atoms with Gasteiger partial charge in [-0.25, -0.2) is 5.01 Å². The molecular weight excluding hydrogens is 126 g/mol. The van der Waals surface area contributed by atoms with Crippen LogP contribution in [0.5, 0.6) is 0 Å². The molecule has 10 heavy (non-hydrogen) atoms. The largest absolute Gasteiger partial charge is 0.298 e. The van der Waals surface area contributed by atoms with Gasteiger partial charge in [0.05, 0.1) is 0 Å². The normalized spacial score (nSPS) is 30.9. The Labute approximate surface area is 62.8 Å². The predicted molar refractivity (Wildman–Crippen MR) is 42.5 cm³/mol. The fourth-order valence-corrected chi connectivity index (χ4v) is 1.49. The summed E-state index contributed by atoms with van der Waals surface area (Å²) in [5.41, 5.74) is 0. The molecule has 1 atom stereocenters. The lowest BCUT2D eigenvalue weighted by molar-refractivity contribution is 0.0886. The second kappa shape index (κ2) is 3.32. The average Bonchev–Trinajstić information content (AvgIpc) is 1.88. The van der Waals surface area contributed by atoms with E-state index in [9.17, 15) is 0 Å².